The topological polar surface area (TPSA) is 29.9 Å². The van der Waals surface area contributed by atoms with Gasteiger partial charge < -0.3 is 9.88 Å². The Morgan fingerprint density at radius 1 is 1.30 bits per heavy atom. The van der Waals surface area contributed by atoms with Gasteiger partial charge in [0.1, 0.15) is 5.82 Å². The van der Waals surface area contributed by atoms with Crippen molar-refractivity contribution in [3.63, 3.8) is 0 Å². The first-order valence-corrected chi connectivity index (χ1v) is 7.94. The molecule has 0 amide bonds. The summed E-state index contributed by atoms with van der Waals surface area (Å²) in [6, 6.07) is 7.48. The highest BCUT2D eigenvalue weighted by Gasteiger charge is 2.33. The first-order chi connectivity index (χ1) is 9.69. The molecule has 0 spiro atoms. The highest BCUT2D eigenvalue weighted by molar-refractivity contribution is 6.31. The van der Waals surface area contributed by atoms with Gasteiger partial charge in [-0.25, -0.2) is 4.98 Å². The fourth-order valence-electron chi connectivity index (χ4n) is 4.01. The van der Waals surface area contributed by atoms with Gasteiger partial charge in [-0.15, -0.1) is 0 Å². The largest absolute Gasteiger partial charge is 0.331 e. The number of nitrogens with zero attached hydrogens (tertiary/aromatic N) is 2. The summed E-state index contributed by atoms with van der Waals surface area (Å²) in [6.45, 7) is 0. The minimum atomic E-state index is 0.753. The lowest BCUT2D eigenvalue weighted by Crippen LogP contribution is -2.38. The van der Waals surface area contributed by atoms with Crippen molar-refractivity contribution in [2.75, 3.05) is 0 Å². The molecule has 2 unspecified atom stereocenters. The van der Waals surface area contributed by atoms with Crippen LogP contribution in [-0.2, 0) is 13.5 Å². The summed E-state index contributed by atoms with van der Waals surface area (Å²) in [5.74, 6) is 1.98. The molecule has 1 N–H and O–H groups in total. The van der Waals surface area contributed by atoms with Gasteiger partial charge in [0.25, 0.3) is 0 Å². The van der Waals surface area contributed by atoms with Crippen LogP contribution in [-0.4, -0.2) is 21.6 Å². The van der Waals surface area contributed by atoms with Gasteiger partial charge in [0.15, 0.2) is 0 Å². The van der Waals surface area contributed by atoms with E-state index in [0.29, 0.717) is 0 Å². The molecule has 2 saturated heterocycles. The van der Waals surface area contributed by atoms with Gasteiger partial charge in [-0.2, -0.15) is 0 Å². The van der Waals surface area contributed by atoms with Crippen molar-refractivity contribution in [1.82, 2.24) is 14.9 Å². The van der Waals surface area contributed by atoms with Crippen LogP contribution in [0.4, 0.5) is 0 Å². The lowest BCUT2D eigenvalue weighted by atomic mass is 9.89. The van der Waals surface area contributed by atoms with E-state index in [1.165, 1.54) is 37.0 Å². The van der Waals surface area contributed by atoms with Crippen molar-refractivity contribution >= 4 is 22.6 Å². The molecule has 106 valence electrons. The van der Waals surface area contributed by atoms with Crippen LogP contribution >= 0.6 is 11.6 Å². The summed E-state index contributed by atoms with van der Waals surface area (Å²) < 4.78 is 2.23. The molecule has 3 nitrogen and oxygen atoms in total. The molecule has 1 aromatic carbocycles. The minimum Gasteiger partial charge on any atom is -0.331 e. The number of aryl methyl sites for hydroxylation is 1. The Hall–Kier alpha value is -1.06. The van der Waals surface area contributed by atoms with Crippen molar-refractivity contribution in [2.45, 2.75) is 44.2 Å². The molecule has 2 fully saturated rings. The molecule has 1 aromatic heterocycles. The normalized spacial score (nSPS) is 29.2. The Morgan fingerprint density at radius 2 is 2.05 bits per heavy atom. The minimum absolute atomic E-state index is 0.753. The Balaban J connectivity index is 1.61. The number of benzene rings is 1. The Kier molecular flexibility index (Phi) is 3.00. The predicted octanol–water partition coefficient (Wildman–Crippen LogP) is 3.30. The van der Waals surface area contributed by atoms with E-state index in [1.807, 2.05) is 12.1 Å². The van der Waals surface area contributed by atoms with E-state index in [0.717, 1.165) is 35.0 Å². The second kappa shape index (κ2) is 4.74. The highest BCUT2D eigenvalue weighted by Crippen LogP contribution is 2.33. The second-order valence-electron chi connectivity index (χ2n) is 6.40. The van der Waals surface area contributed by atoms with E-state index < -0.39 is 0 Å². The smallest absolute Gasteiger partial charge is 0.109 e. The third-order valence-corrected chi connectivity index (χ3v) is 5.21. The second-order valence-corrected chi connectivity index (χ2v) is 6.84. The molecule has 20 heavy (non-hydrogen) atoms. The maximum Gasteiger partial charge on any atom is 0.109 e. The lowest BCUT2D eigenvalue weighted by molar-refractivity contribution is 0.294. The number of hydrogen-bond acceptors (Lipinski definition) is 2. The molecule has 2 aliphatic heterocycles. The van der Waals surface area contributed by atoms with Gasteiger partial charge >= 0.3 is 0 Å². The monoisotopic (exact) mass is 289 g/mol. The van der Waals surface area contributed by atoms with Crippen LogP contribution in [0.2, 0.25) is 5.02 Å². The van der Waals surface area contributed by atoms with Crippen LogP contribution in [0, 0.1) is 5.92 Å². The third-order valence-electron chi connectivity index (χ3n) is 4.98. The van der Waals surface area contributed by atoms with Gasteiger partial charge in [-0.3, -0.25) is 0 Å². The van der Waals surface area contributed by atoms with Crippen LogP contribution in [0.1, 0.15) is 31.5 Å². The summed E-state index contributed by atoms with van der Waals surface area (Å²) in [5.41, 5.74) is 2.20. The van der Waals surface area contributed by atoms with Crippen LogP contribution in [0.5, 0.6) is 0 Å². The number of rotatable bonds is 2. The number of halogens is 1. The summed E-state index contributed by atoms with van der Waals surface area (Å²) in [7, 11) is 2.12. The molecular formula is C16H20ClN3. The summed E-state index contributed by atoms with van der Waals surface area (Å²) in [6.07, 6.45) is 6.43. The summed E-state index contributed by atoms with van der Waals surface area (Å²) >= 11 is 6.06. The van der Waals surface area contributed by atoms with Crippen LogP contribution < -0.4 is 5.32 Å². The molecule has 0 radical (unpaired) electrons. The van der Waals surface area contributed by atoms with Crippen molar-refractivity contribution in [2.24, 2.45) is 13.0 Å². The number of aromatic nitrogens is 2. The van der Waals surface area contributed by atoms with E-state index in [-0.39, 0.29) is 0 Å². The maximum atomic E-state index is 6.06. The zero-order valence-electron chi connectivity index (χ0n) is 11.8. The maximum absolute atomic E-state index is 6.06. The van der Waals surface area contributed by atoms with E-state index in [1.54, 1.807) is 0 Å². The van der Waals surface area contributed by atoms with E-state index >= 15 is 0 Å². The van der Waals surface area contributed by atoms with Gasteiger partial charge in [0.05, 0.1) is 11.0 Å². The SMILES string of the molecule is Cn1c(CC2CC3CCC(C2)N3)nc2cc(Cl)ccc21. The van der Waals surface area contributed by atoms with Gasteiger partial charge in [-0.1, -0.05) is 11.6 Å². The van der Waals surface area contributed by atoms with Gasteiger partial charge in [-0.05, 0) is 49.8 Å². The van der Waals surface area contributed by atoms with Gasteiger partial charge in [0.2, 0.25) is 0 Å². The lowest BCUT2D eigenvalue weighted by Gasteiger charge is -2.28. The fraction of sp³-hybridized carbons (Fsp3) is 0.562. The molecule has 2 aliphatic rings. The summed E-state index contributed by atoms with van der Waals surface area (Å²) in [5, 5.41) is 4.48. The molecule has 0 aliphatic carbocycles. The average molecular weight is 290 g/mol. The third kappa shape index (κ3) is 2.13. The number of hydrogen-bond donors (Lipinski definition) is 1. The molecule has 0 saturated carbocycles. The van der Waals surface area contributed by atoms with Crippen LogP contribution in [0.25, 0.3) is 11.0 Å². The Morgan fingerprint density at radius 3 is 2.80 bits per heavy atom. The highest BCUT2D eigenvalue weighted by atomic mass is 35.5. The first-order valence-electron chi connectivity index (χ1n) is 7.56. The molecule has 4 heteroatoms. The van der Waals surface area contributed by atoms with Crippen LogP contribution in [0.15, 0.2) is 18.2 Å². The van der Waals surface area contributed by atoms with Crippen molar-refractivity contribution in [1.29, 1.82) is 0 Å². The number of piperidine rings is 1. The first kappa shape index (κ1) is 12.7. The van der Waals surface area contributed by atoms with Crippen molar-refractivity contribution in [3.8, 4) is 0 Å². The number of fused-ring (bicyclic) bond motifs is 3. The number of nitrogens with one attached hydrogen (secondary N) is 1. The van der Waals surface area contributed by atoms with Crippen molar-refractivity contribution in [3.05, 3.63) is 29.0 Å². The molecule has 4 rings (SSSR count). The van der Waals surface area contributed by atoms with Crippen molar-refractivity contribution < 1.29 is 0 Å². The molecule has 2 atom stereocenters. The van der Waals surface area contributed by atoms with Crippen LogP contribution in [0.3, 0.4) is 0 Å². The molecule has 3 heterocycles. The number of imidazole rings is 1. The summed E-state index contributed by atoms with van der Waals surface area (Å²) in [4.78, 5) is 4.80. The zero-order valence-corrected chi connectivity index (χ0v) is 12.5. The molecular weight excluding hydrogens is 270 g/mol. The average Bonchev–Trinajstić information content (AvgIpc) is 2.91. The standard InChI is InChI=1S/C16H20ClN3/c1-20-15-5-2-11(17)9-14(15)19-16(20)8-10-6-12-3-4-13(7-10)18-12/h2,5,9-10,12-13,18H,3-4,6-8H2,1H3. The molecule has 2 aromatic rings. The van der Waals surface area contributed by atoms with E-state index in [9.17, 15) is 0 Å². The Labute approximate surface area is 124 Å². The Bertz CT molecular complexity index is 636. The van der Waals surface area contributed by atoms with Gasteiger partial charge in [0, 0.05) is 30.6 Å². The van der Waals surface area contributed by atoms with E-state index in [4.69, 9.17) is 16.6 Å². The van der Waals surface area contributed by atoms with E-state index in [2.05, 4.69) is 23.0 Å². The predicted molar refractivity (Wildman–Crippen MR) is 82.1 cm³/mol. The molecule has 2 bridgehead atoms. The zero-order chi connectivity index (χ0) is 13.7. The fourth-order valence-corrected chi connectivity index (χ4v) is 4.17. The quantitative estimate of drug-likeness (QED) is 0.919.